The van der Waals surface area contributed by atoms with Gasteiger partial charge in [-0.1, -0.05) is 37.3 Å². The third-order valence-electron chi connectivity index (χ3n) is 3.81. The molecule has 0 saturated carbocycles. The van der Waals surface area contributed by atoms with E-state index in [9.17, 15) is 9.59 Å². The van der Waals surface area contributed by atoms with E-state index < -0.39 is 12.1 Å². The van der Waals surface area contributed by atoms with E-state index in [1.54, 1.807) is 0 Å². The topological polar surface area (TPSA) is 75.6 Å². The summed E-state index contributed by atoms with van der Waals surface area (Å²) in [5.74, 6) is -1.14. The summed E-state index contributed by atoms with van der Waals surface area (Å²) >= 11 is 0. The zero-order valence-electron chi connectivity index (χ0n) is 12.1. The van der Waals surface area contributed by atoms with E-state index in [-0.39, 0.29) is 17.9 Å². The van der Waals surface area contributed by atoms with Gasteiger partial charge in [-0.15, -0.1) is 0 Å². The summed E-state index contributed by atoms with van der Waals surface area (Å²) in [4.78, 5) is 23.1. The fraction of sp³-hybridized carbons (Fsp3) is 0.500. The monoisotopic (exact) mass is 291 g/mol. The zero-order valence-corrected chi connectivity index (χ0v) is 12.1. The van der Waals surface area contributed by atoms with Crippen LogP contribution in [0.25, 0.3) is 0 Å². The Labute approximate surface area is 124 Å². The molecule has 0 bridgehead atoms. The van der Waals surface area contributed by atoms with E-state index in [0.717, 1.165) is 12.0 Å². The van der Waals surface area contributed by atoms with Crippen LogP contribution in [0.1, 0.15) is 37.7 Å². The van der Waals surface area contributed by atoms with Crippen molar-refractivity contribution >= 4 is 11.9 Å². The van der Waals surface area contributed by atoms with Crippen LogP contribution in [0.4, 0.5) is 0 Å². The second kappa shape index (κ2) is 7.22. The highest BCUT2D eigenvalue weighted by atomic mass is 16.5. The van der Waals surface area contributed by atoms with Crippen LogP contribution in [0.15, 0.2) is 30.3 Å². The highest BCUT2D eigenvalue weighted by Crippen LogP contribution is 2.21. The number of carboxylic acids is 1. The number of carbonyl (C=O) groups excluding carboxylic acids is 1. The van der Waals surface area contributed by atoms with Gasteiger partial charge in [0.2, 0.25) is 5.91 Å². The smallest absolute Gasteiger partial charge is 0.332 e. The standard InChI is InChI=1S/C16H21NO4/c1-2-13(11-6-4-3-5-7-11)15(18)17-10-12-8-9-14(21-12)16(19)20/h3-7,12-14H,2,8-10H2,1H3,(H,17,18)(H,19,20). The minimum absolute atomic E-state index is 0.0360. The summed E-state index contributed by atoms with van der Waals surface area (Å²) in [6, 6.07) is 9.65. The van der Waals surface area contributed by atoms with Gasteiger partial charge in [-0.3, -0.25) is 4.79 Å². The van der Waals surface area contributed by atoms with Crippen molar-refractivity contribution < 1.29 is 19.4 Å². The maximum atomic E-state index is 12.3. The third kappa shape index (κ3) is 4.04. The summed E-state index contributed by atoms with van der Waals surface area (Å²) in [5, 5.41) is 11.7. The number of benzene rings is 1. The molecule has 1 aliphatic heterocycles. The summed E-state index contributed by atoms with van der Waals surface area (Å²) in [6.07, 6.45) is 0.955. The molecule has 5 nitrogen and oxygen atoms in total. The van der Waals surface area contributed by atoms with Gasteiger partial charge in [0, 0.05) is 6.54 Å². The van der Waals surface area contributed by atoms with Gasteiger partial charge in [-0.2, -0.15) is 0 Å². The summed E-state index contributed by atoms with van der Waals surface area (Å²) in [5.41, 5.74) is 0.994. The molecule has 1 heterocycles. The van der Waals surface area contributed by atoms with Crippen molar-refractivity contribution in [3.63, 3.8) is 0 Å². The molecule has 3 atom stereocenters. The number of rotatable bonds is 6. The van der Waals surface area contributed by atoms with E-state index in [4.69, 9.17) is 9.84 Å². The van der Waals surface area contributed by atoms with Gasteiger partial charge in [-0.05, 0) is 24.8 Å². The number of ether oxygens (including phenoxy) is 1. The Hall–Kier alpha value is -1.88. The first kappa shape index (κ1) is 15.5. The maximum Gasteiger partial charge on any atom is 0.332 e. The van der Waals surface area contributed by atoms with E-state index in [1.165, 1.54) is 0 Å². The summed E-state index contributed by atoms with van der Waals surface area (Å²) in [7, 11) is 0. The van der Waals surface area contributed by atoms with E-state index in [2.05, 4.69) is 5.32 Å². The number of hydrogen-bond donors (Lipinski definition) is 2. The number of amides is 1. The number of aliphatic carboxylic acids is 1. The molecule has 2 N–H and O–H groups in total. The maximum absolute atomic E-state index is 12.3. The van der Waals surface area contributed by atoms with Crippen LogP contribution < -0.4 is 5.32 Å². The number of nitrogens with one attached hydrogen (secondary N) is 1. The van der Waals surface area contributed by atoms with Crippen LogP contribution in [-0.2, 0) is 14.3 Å². The van der Waals surface area contributed by atoms with Gasteiger partial charge in [0.25, 0.3) is 0 Å². The minimum atomic E-state index is -0.931. The molecule has 114 valence electrons. The molecule has 1 aromatic carbocycles. The first-order valence-corrected chi connectivity index (χ1v) is 7.32. The predicted octanol–water partition coefficient (Wildman–Crippen LogP) is 1.93. The quantitative estimate of drug-likeness (QED) is 0.839. The molecule has 0 aromatic heterocycles. The molecule has 2 rings (SSSR count). The molecule has 5 heteroatoms. The Bertz CT molecular complexity index is 488. The largest absolute Gasteiger partial charge is 0.479 e. The first-order chi connectivity index (χ1) is 10.1. The SMILES string of the molecule is CCC(C(=O)NCC1CCC(C(=O)O)O1)c1ccccc1. The number of carbonyl (C=O) groups is 2. The summed E-state index contributed by atoms with van der Waals surface area (Å²) < 4.78 is 5.38. The molecule has 1 saturated heterocycles. The Kier molecular flexibility index (Phi) is 5.33. The number of carboxylic acid groups (broad SMARTS) is 1. The van der Waals surface area contributed by atoms with Gasteiger partial charge in [0.15, 0.2) is 6.10 Å². The zero-order chi connectivity index (χ0) is 15.2. The molecular weight excluding hydrogens is 270 g/mol. The molecule has 1 aliphatic rings. The molecular formula is C16H21NO4. The Balaban J connectivity index is 1.85. The van der Waals surface area contributed by atoms with Crippen LogP contribution in [-0.4, -0.2) is 35.7 Å². The lowest BCUT2D eigenvalue weighted by atomic mass is 9.95. The second-order valence-corrected chi connectivity index (χ2v) is 5.28. The van der Waals surface area contributed by atoms with Crippen molar-refractivity contribution in [2.75, 3.05) is 6.54 Å². The Morgan fingerprint density at radius 1 is 1.33 bits per heavy atom. The normalized spacial score (nSPS) is 22.7. The van der Waals surface area contributed by atoms with Crippen LogP contribution in [0.2, 0.25) is 0 Å². The highest BCUT2D eigenvalue weighted by molar-refractivity contribution is 5.83. The third-order valence-corrected chi connectivity index (χ3v) is 3.81. The van der Waals surface area contributed by atoms with Crippen molar-refractivity contribution in [3.8, 4) is 0 Å². The van der Waals surface area contributed by atoms with Crippen molar-refractivity contribution in [1.82, 2.24) is 5.32 Å². The lowest BCUT2D eigenvalue weighted by Gasteiger charge is -2.17. The number of hydrogen-bond acceptors (Lipinski definition) is 3. The van der Waals surface area contributed by atoms with Crippen molar-refractivity contribution in [2.24, 2.45) is 0 Å². The fourth-order valence-electron chi connectivity index (χ4n) is 2.63. The molecule has 3 unspecified atom stereocenters. The van der Waals surface area contributed by atoms with Crippen molar-refractivity contribution in [3.05, 3.63) is 35.9 Å². The molecule has 0 radical (unpaired) electrons. The molecule has 1 aromatic rings. The Morgan fingerprint density at radius 2 is 2.05 bits per heavy atom. The molecule has 1 amide bonds. The van der Waals surface area contributed by atoms with Gasteiger partial charge >= 0.3 is 5.97 Å². The van der Waals surface area contributed by atoms with Gasteiger partial charge in [-0.25, -0.2) is 4.79 Å². The molecule has 0 spiro atoms. The second-order valence-electron chi connectivity index (χ2n) is 5.28. The fourth-order valence-corrected chi connectivity index (χ4v) is 2.63. The predicted molar refractivity (Wildman–Crippen MR) is 78.0 cm³/mol. The van der Waals surface area contributed by atoms with Crippen molar-refractivity contribution in [2.45, 2.75) is 44.3 Å². The van der Waals surface area contributed by atoms with Crippen LogP contribution in [0.3, 0.4) is 0 Å². The highest BCUT2D eigenvalue weighted by Gasteiger charge is 2.31. The van der Waals surface area contributed by atoms with Gasteiger partial charge in [0.05, 0.1) is 12.0 Å². The Morgan fingerprint density at radius 3 is 2.62 bits per heavy atom. The van der Waals surface area contributed by atoms with Gasteiger partial charge in [0.1, 0.15) is 0 Å². The molecule has 1 fully saturated rings. The summed E-state index contributed by atoms with van der Waals surface area (Å²) in [6.45, 7) is 2.34. The molecule has 21 heavy (non-hydrogen) atoms. The van der Waals surface area contributed by atoms with E-state index in [1.807, 2.05) is 37.3 Å². The first-order valence-electron chi connectivity index (χ1n) is 7.32. The average molecular weight is 291 g/mol. The molecule has 0 aliphatic carbocycles. The van der Waals surface area contributed by atoms with Gasteiger partial charge < -0.3 is 15.2 Å². The van der Waals surface area contributed by atoms with Crippen LogP contribution in [0.5, 0.6) is 0 Å². The van der Waals surface area contributed by atoms with Crippen LogP contribution in [0, 0.1) is 0 Å². The van der Waals surface area contributed by atoms with Crippen LogP contribution >= 0.6 is 0 Å². The average Bonchev–Trinajstić information content (AvgIpc) is 2.96. The van der Waals surface area contributed by atoms with E-state index in [0.29, 0.717) is 19.4 Å². The lowest BCUT2D eigenvalue weighted by Crippen LogP contribution is -2.36. The van der Waals surface area contributed by atoms with Crippen molar-refractivity contribution in [1.29, 1.82) is 0 Å². The van der Waals surface area contributed by atoms with E-state index >= 15 is 0 Å². The lowest BCUT2D eigenvalue weighted by molar-refractivity contribution is -0.149. The minimum Gasteiger partial charge on any atom is -0.479 e.